The molecule has 1 N–H and O–H groups in total. The average molecular weight is 430 g/mol. The first-order valence-corrected chi connectivity index (χ1v) is 8.04. The van der Waals surface area contributed by atoms with E-state index in [9.17, 15) is 22.8 Å². The number of halogens is 4. The smallest absolute Gasteiger partial charge is 0.433 e. The van der Waals surface area contributed by atoms with Gasteiger partial charge in [-0.2, -0.15) is 13.2 Å². The number of aromatic nitrogens is 3. The second kappa shape index (κ2) is 6.60. The summed E-state index contributed by atoms with van der Waals surface area (Å²) in [6, 6.07) is 7.10. The highest BCUT2D eigenvalue weighted by Gasteiger charge is 2.38. The highest BCUT2D eigenvalue weighted by atomic mass is 79.9. The minimum Gasteiger partial charge on any atom is -0.469 e. The molecule has 0 aliphatic carbocycles. The van der Waals surface area contributed by atoms with Crippen LogP contribution in [0.4, 0.5) is 13.2 Å². The molecule has 0 bridgehead atoms. The molecule has 0 unspecified atom stereocenters. The van der Waals surface area contributed by atoms with E-state index in [1.54, 1.807) is 12.1 Å². The molecule has 2 aromatic heterocycles. The lowest BCUT2D eigenvalue weighted by molar-refractivity contribution is -0.141. The number of nitrogens with one attached hydrogen (secondary N) is 1. The summed E-state index contributed by atoms with van der Waals surface area (Å²) in [6.07, 6.45) is -5.06. The van der Waals surface area contributed by atoms with Crippen molar-refractivity contribution in [3.8, 4) is 11.1 Å². The molecule has 136 valence electrons. The van der Waals surface area contributed by atoms with Gasteiger partial charge in [-0.05, 0) is 17.7 Å². The third kappa shape index (κ3) is 3.36. The Balaban J connectivity index is 2.32. The molecule has 1 aromatic carbocycles. The van der Waals surface area contributed by atoms with E-state index in [1.165, 1.54) is 19.2 Å². The van der Waals surface area contributed by atoms with E-state index in [1.807, 2.05) is 0 Å². The zero-order chi connectivity index (χ0) is 19.1. The number of H-pyrrole nitrogens is 1. The molecule has 0 fully saturated rings. The van der Waals surface area contributed by atoms with Crippen LogP contribution in [-0.4, -0.2) is 27.7 Å². The molecular weight excluding hydrogens is 419 g/mol. The molecule has 3 rings (SSSR count). The van der Waals surface area contributed by atoms with Gasteiger partial charge in [0.15, 0.2) is 5.65 Å². The lowest BCUT2D eigenvalue weighted by Gasteiger charge is -2.07. The fraction of sp³-hybridized carbons (Fsp3) is 0.188. The molecule has 0 aliphatic rings. The van der Waals surface area contributed by atoms with Gasteiger partial charge in [0.1, 0.15) is 5.69 Å². The second-order valence-corrected chi connectivity index (χ2v) is 6.28. The minimum atomic E-state index is -4.73. The molecule has 3 aromatic rings. The predicted octanol–water partition coefficient (Wildman–Crippen LogP) is 3.19. The third-order valence-corrected chi connectivity index (χ3v) is 4.17. The number of hydrogen-bond acceptors (Lipinski definition) is 4. The fourth-order valence-electron chi connectivity index (χ4n) is 2.49. The molecule has 6 nitrogen and oxygen atoms in total. The topological polar surface area (TPSA) is 76.5 Å². The summed E-state index contributed by atoms with van der Waals surface area (Å²) >= 11 is 3.22. The maximum absolute atomic E-state index is 13.5. The Morgan fingerprint density at radius 1 is 1.31 bits per heavy atom. The molecule has 0 saturated carbocycles. The van der Waals surface area contributed by atoms with E-state index in [4.69, 9.17) is 0 Å². The highest BCUT2D eigenvalue weighted by Crippen LogP contribution is 2.38. The Hall–Kier alpha value is -2.62. The van der Waals surface area contributed by atoms with Crippen molar-refractivity contribution >= 4 is 27.5 Å². The number of hydrogen-bond donors (Lipinski definition) is 1. The number of carbonyl (C=O) groups is 1. The number of fused-ring (bicyclic) bond motifs is 1. The number of rotatable bonds is 3. The SMILES string of the molecule is COC(=O)Cc1cc(=O)n2[nH]c(C(F)(F)F)c(-c3ccc(Br)cc3)c2n1. The van der Waals surface area contributed by atoms with Gasteiger partial charge in [-0.15, -0.1) is 0 Å². The van der Waals surface area contributed by atoms with Crippen molar-refractivity contribution in [1.29, 1.82) is 0 Å². The Morgan fingerprint density at radius 3 is 2.54 bits per heavy atom. The molecule has 0 radical (unpaired) electrons. The maximum atomic E-state index is 13.5. The van der Waals surface area contributed by atoms with Crippen molar-refractivity contribution in [2.45, 2.75) is 12.6 Å². The minimum absolute atomic E-state index is 0.0212. The number of ether oxygens (including phenoxy) is 1. The van der Waals surface area contributed by atoms with Gasteiger partial charge in [0, 0.05) is 10.5 Å². The normalized spacial score (nSPS) is 11.7. The third-order valence-electron chi connectivity index (χ3n) is 3.64. The maximum Gasteiger partial charge on any atom is 0.433 e. The Bertz CT molecular complexity index is 1040. The second-order valence-electron chi connectivity index (χ2n) is 5.36. The first kappa shape index (κ1) is 18.2. The molecule has 2 heterocycles. The first-order valence-electron chi connectivity index (χ1n) is 7.25. The van der Waals surface area contributed by atoms with Crippen LogP contribution in [-0.2, 0) is 22.1 Å². The van der Waals surface area contributed by atoms with Crippen LogP contribution in [0.3, 0.4) is 0 Å². The molecule has 26 heavy (non-hydrogen) atoms. The van der Waals surface area contributed by atoms with Crippen LogP contribution in [0.2, 0.25) is 0 Å². The molecule has 0 atom stereocenters. The summed E-state index contributed by atoms with van der Waals surface area (Å²) in [5, 5.41) is 2.07. The zero-order valence-electron chi connectivity index (χ0n) is 13.2. The first-order chi connectivity index (χ1) is 12.2. The summed E-state index contributed by atoms with van der Waals surface area (Å²) in [7, 11) is 1.17. The number of alkyl halides is 3. The van der Waals surface area contributed by atoms with E-state index in [2.05, 4.69) is 30.7 Å². The summed E-state index contributed by atoms with van der Waals surface area (Å²) in [5.74, 6) is -0.655. The van der Waals surface area contributed by atoms with Crippen LogP contribution in [0, 0.1) is 0 Å². The quantitative estimate of drug-likeness (QED) is 0.648. The summed E-state index contributed by atoms with van der Waals surface area (Å²) in [4.78, 5) is 27.7. The zero-order valence-corrected chi connectivity index (χ0v) is 14.8. The van der Waals surface area contributed by atoms with Crippen molar-refractivity contribution in [2.75, 3.05) is 7.11 Å². The van der Waals surface area contributed by atoms with Gasteiger partial charge in [0.2, 0.25) is 0 Å². The lowest BCUT2D eigenvalue weighted by Crippen LogP contribution is -2.18. The standard InChI is InChI=1S/C16H11BrF3N3O3/c1-26-12(25)7-10-6-11(24)23-15(21-10)13(14(22-23)16(18,19)20)8-2-4-9(17)5-3-8/h2-6,22H,7H2,1H3. The van der Waals surface area contributed by atoms with Gasteiger partial charge in [-0.25, -0.2) is 9.50 Å². The number of aromatic amines is 1. The number of carbonyl (C=O) groups excluding carboxylic acids is 1. The van der Waals surface area contributed by atoms with Crippen molar-refractivity contribution in [3.63, 3.8) is 0 Å². The molecule has 0 saturated heterocycles. The van der Waals surface area contributed by atoms with Crippen LogP contribution in [0.5, 0.6) is 0 Å². The van der Waals surface area contributed by atoms with Gasteiger partial charge < -0.3 is 4.74 Å². The van der Waals surface area contributed by atoms with Crippen molar-refractivity contribution in [3.05, 3.63) is 56.5 Å². The van der Waals surface area contributed by atoms with Crippen LogP contribution in [0.15, 0.2) is 39.6 Å². The Morgan fingerprint density at radius 2 is 1.96 bits per heavy atom. The summed E-state index contributed by atoms with van der Waals surface area (Å²) in [5.41, 5.74) is -2.10. The number of methoxy groups -OCH3 is 1. The van der Waals surface area contributed by atoms with Crippen LogP contribution in [0.25, 0.3) is 16.8 Å². The van der Waals surface area contributed by atoms with E-state index in [0.29, 0.717) is 8.99 Å². The number of nitrogens with zero attached hydrogens (tertiary/aromatic N) is 2. The van der Waals surface area contributed by atoms with Crippen molar-refractivity contribution in [2.24, 2.45) is 0 Å². The highest BCUT2D eigenvalue weighted by molar-refractivity contribution is 9.10. The van der Waals surface area contributed by atoms with E-state index >= 15 is 0 Å². The van der Waals surface area contributed by atoms with Crippen LogP contribution >= 0.6 is 15.9 Å². The summed E-state index contributed by atoms with van der Waals surface area (Å²) < 4.78 is 46.4. The van der Waals surface area contributed by atoms with Gasteiger partial charge in [0.25, 0.3) is 5.56 Å². The van der Waals surface area contributed by atoms with Gasteiger partial charge in [-0.3, -0.25) is 14.7 Å². The molecule has 0 amide bonds. The lowest BCUT2D eigenvalue weighted by atomic mass is 10.1. The van der Waals surface area contributed by atoms with Crippen LogP contribution < -0.4 is 5.56 Å². The van der Waals surface area contributed by atoms with Crippen molar-refractivity contribution in [1.82, 2.24) is 14.6 Å². The van der Waals surface area contributed by atoms with Gasteiger partial charge in [-0.1, -0.05) is 28.1 Å². The van der Waals surface area contributed by atoms with Crippen molar-refractivity contribution < 1.29 is 22.7 Å². The van der Waals surface area contributed by atoms with E-state index in [0.717, 1.165) is 6.07 Å². The number of benzene rings is 1. The number of esters is 1. The average Bonchev–Trinajstić information content (AvgIpc) is 2.96. The van der Waals surface area contributed by atoms with E-state index in [-0.39, 0.29) is 28.9 Å². The predicted molar refractivity (Wildman–Crippen MR) is 89.7 cm³/mol. The van der Waals surface area contributed by atoms with E-state index < -0.39 is 23.4 Å². The van der Waals surface area contributed by atoms with Gasteiger partial charge in [0.05, 0.1) is 24.8 Å². The largest absolute Gasteiger partial charge is 0.469 e. The molecule has 0 aliphatic heterocycles. The molecule has 0 spiro atoms. The fourth-order valence-corrected chi connectivity index (χ4v) is 2.76. The molecule has 10 heteroatoms. The Labute approximate surface area is 152 Å². The van der Waals surface area contributed by atoms with Crippen LogP contribution in [0.1, 0.15) is 11.4 Å². The Kier molecular flexibility index (Phi) is 4.61. The monoisotopic (exact) mass is 429 g/mol. The van der Waals surface area contributed by atoms with Gasteiger partial charge >= 0.3 is 12.1 Å². The molecular formula is C16H11BrF3N3O3. The summed E-state index contributed by atoms with van der Waals surface area (Å²) in [6.45, 7) is 0.